The monoisotopic (exact) mass is 237 g/mol. The van der Waals surface area contributed by atoms with E-state index in [2.05, 4.69) is 34.7 Å². The lowest BCUT2D eigenvalue weighted by Gasteiger charge is -2.17. The van der Waals surface area contributed by atoms with Crippen molar-refractivity contribution in [1.82, 2.24) is 4.90 Å². The van der Waals surface area contributed by atoms with E-state index in [0.29, 0.717) is 6.61 Å². The molecule has 0 aromatic heterocycles. The van der Waals surface area contributed by atoms with Gasteiger partial charge in [0.2, 0.25) is 0 Å². The highest BCUT2D eigenvalue weighted by Gasteiger charge is 2.01. The molecule has 0 N–H and O–H groups in total. The highest BCUT2D eigenvalue weighted by atomic mass is 79.9. The molecule has 0 amide bonds. The minimum absolute atomic E-state index is 0.192. The van der Waals surface area contributed by atoms with Crippen molar-refractivity contribution < 1.29 is 9.53 Å². The molecule has 72 valence electrons. The van der Waals surface area contributed by atoms with Gasteiger partial charge in [0.05, 0.1) is 0 Å². The highest BCUT2D eigenvalue weighted by molar-refractivity contribution is 9.09. The van der Waals surface area contributed by atoms with Crippen molar-refractivity contribution in [3.8, 4) is 0 Å². The first kappa shape index (κ1) is 11.9. The van der Waals surface area contributed by atoms with Crippen LogP contribution in [0.5, 0.6) is 0 Å². The Morgan fingerprint density at radius 2 is 2.00 bits per heavy atom. The lowest BCUT2D eigenvalue weighted by molar-refractivity contribution is -0.140. The van der Waals surface area contributed by atoms with E-state index in [0.717, 1.165) is 19.6 Å². The number of esters is 1. The third kappa shape index (κ3) is 5.55. The summed E-state index contributed by atoms with van der Waals surface area (Å²) >= 11 is 3.03. The summed E-state index contributed by atoms with van der Waals surface area (Å²) in [7, 11) is 0. The summed E-state index contributed by atoms with van der Waals surface area (Å²) in [6.07, 6.45) is 0. The van der Waals surface area contributed by atoms with Crippen molar-refractivity contribution in [1.29, 1.82) is 0 Å². The van der Waals surface area contributed by atoms with Crippen molar-refractivity contribution in [2.45, 2.75) is 13.8 Å². The van der Waals surface area contributed by atoms with Crippen LogP contribution in [-0.4, -0.2) is 42.4 Å². The molecule has 0 aliphatic carbocycles. The van der Waals surface area contributed by atoms with Crippen molar-refractivity contribution in [2.75, 3.05) is 31.6 Å². The zero-order chi connectivity index (χ0) is 9.40. The number of alkyl halides is 1. The summed E-state index contributed by atoms with van der Waals surface area (Å²) in [6, 6.07) is 0. The summed E-state index contributed by atoms with van der Waals surface area (Å²) in [4.78, 5) is 12.9. The van der Waals surface area contributed by atoms with Gasteiger partial charge in [0.25, 0.3) is 0 Å². The SMILES string of the molecule is CCN(CC)CCOC(=O)CBr. The van der Waals surface area contributed by atoms with E-state index in [1.807, 2.05) is 0 Å². The molecule has 0 fully saturated rings. The number of hydrogen-bond donors (Lipinski definition) is 0. The zero-order valence-electron chi connectivity index (χ0n) is 7.68. The molecule has 0 aliphatic heterocycles. The van der Waals surface area contributed by atoms with Gasteiger partial charge in [-0.3, -0.25) is 4.79 Å². The number of rotatable bonds is 6. The minimum atomic E-state index is -0.192. The predicted octanol–water partition coefficient (Wildman–Crippen LogP) is 1.27. The van der Waals surface area contributed by atoms with Crippen LogP contribution in [0.1, 0.15) is 13.8 Å². The summed E-state index contributed by atoms with van der Waals surface area (Å²) in [5.41, 5.74) is 0. The van der Waals surface area contributed by atoms with Crippen LogP contribution < -0.4 is 0 Å². The van der Waals surface area contributed by atoms with Crippen LogP contribution in [0.25, 0.3) is 0 Å². The fourth-order valence-corrected chi connectivity index (χ4v) is 1.03. The Kier molecular flexibility index (Phi) is 7.50. The van der Waals surface area contributed by atoms with Gasteiger partial charge in [0.15, 0.2) is 0 Å². The summed E-state index contributed by atoms with van der Waals surface area (Å²) in [5.74, 6) is -0.192. The molecule has 0 saturated carbocycles. The highest BCUT2D eigenvalue weighted by Crippen LogP contribution is 1.89. The Hall–Kier alpha value is -0.0900. The first-order chi connectivity index (χ1) is 5.74. The fourth-order valence-electron chi connectivity index (χ4n) is 0.867. The first-order valence-electron chi connectivity index (χ1n) is 4.18. The Balaban J connectivity index is 3.34. The number of halogens is 1. The second kappa shape index (κ2) is 7.55. The van der Waals surface area contributed by atoms with Gasteiger partial charge in [-0.05, 0) is 13.1 Å². The lowest BCUT2D eigenvalue weighted by Crippen LogP contribution is -2.28. The summed E-state index contributed by atoms with van der Waals surface area (Å²) in [6.45, 7) is 7.51. The molecule has 0 atom stereocenters. The molecule has 3 nitrogen and oxygen atoms in total. The van der Waals surface area contributed by atoms with Crippen molar-refractivity contribution >= 4 is 21.9 Å². The van der Waals surface area contributed by atoms with E-state index >= 15 is 0 Å². The maximum Gasteiger partial charge on any atom is 0.316 e. The molecular formula is C8H16BrNO2. The van der Waals surface area contributed by atoms with Crippen molar-refractivity contribution in [2.24, 2.45) is 0 Å². The van der Waals surface area contributed by atoms with Gasteiger partial charge in [-0.15, -0.1) is 0 Å². The molecule has 0 unspecified atom stereocenters. The average Bonchev–Trinajstić information content (AvgIpc) is 2.12. The van der Waals surface area contributed by atoms with E-state index < -0.39 is 0 Å². The van der Waals surface area contributed by atoms with Gasteiger partial charge in [-0.2, -0.15) is 0 Å². The molecule has 12 heavy (non-hydrogen) atoms. The first-order valence-corrected chi connectivity index (χ1v) is 5.30. The van der Waals surface area contributed by atoms with Crippen LogP contribution in [0.3, 0.4) is 0 Å². The van der Waals surface area contributed by atoms with E-state index in [4.69, 9.17) is 4.74 Å². The smallest absolute Gasteiger partial charge is 0.316 e. The van der Waals surface area contributed by atoms with Crippen LogP contribution in [0.4, 0.5) is 0 Å². The topological polar surface area (TPSA) is 29.5 Å². The number of carbonyl (C=O) groups excluding carboxylic acids is 1. The number of ether oxygens (including phenoxy) is 1. The average molecular weight is 238 g/mol. The third-order valence-electron chi connectivity index (χ3n) is 1.67. The van der Waals surface area contributed by atoms with Crippen LogP contribution in [-0.2, 0) is 9.53 Å². The maximum atomic E-state index is 10.7. The van der Waals surface area contributed by atoms with Gasteiger partial charge in [0.1, 0.15) is 11.9 Å². The molecule has 0 aromatic carbocycles. The second-order valence-electron chi connectivity index (χ2n) is 2.38. The molecule has 0 radical (unpaired) electrons. The van der Waals surface area contributed by atoms with Crippen LogP contribution in [0.15, 0.2) is 0 Å². The molecule has 0 bridgehead atoms. The standard InChI is InChI=1S/C8H16BrNO2/c1-3-10(4-2)5-6-12-8(11)7-9/h3-7H2,1-2H3. The van der Waals surface area contributed by atoms with E-state index in [1.54, 1.807) is 0 Å². The largest absolute Gasteiger partial charge is 0.464 e. The van der Waals surface area contributed by atoms with Gasteiger partial charge in [-0.25, -0.2) is 0 Å². The van der Waals surface area contributed by atoms with Crippen molar-refractivity contribution in [3.05, 3.63) is 0 Å². The van der Waals surface area contributed by atoms with Gasteiger partial charge in [-0.1, -0.05) is 29.8 Å². The van der Waals surface area contributed by atoms with E-state index in [9.17, 15) is 4.79 Å². The molecule has 4 heteroatoms. The number of hydrogen-bond acceptors (Lipinski definition) is 3. The van der Waals surface area contributed by atoms with Gasteiger partial charge >= 0.3 is 5.97 Å². The number of likely N-dealkylation sites (N-methyl/N-ethyl adjacent to an activating group) is 1. The molecule has 0 rings (SSSR count). The summed E-state index contributed by atoms with van der Waals surface area (Å²) < 4.78 is 4.90. The quantitative estimate of drug-likeness (QED) is 0.515. The molecule has 0 saturated heterocycles. The third-order valence-corrected chi connectivity index (χ3v) is 2.13. The van der Waals surface area contributed by atoms with Crippen LogP contribution in [0, 0.1) is 0 Å². The normalized spacial score (nSPS) is 10.3. The number of carbonyl (C=O) groups is 1. The van der Waals surface area contributed by atoms with E-state index in [-0.39, 0.29) is 11.3 Å². The molecule has 0 aromatic rings. The van der Waals surface area contributed by atoms with Crippen LogP contribution in [0.2, 0.25) is 0 Å². The maximum absolute atomic E-state index is 10.7. The molecule has 0 heterocycles. The van der Waals surface area contributed by atoms with Crippen molar-refractivity contribution in [3.63, 3.8) is 0 Å². The zero-order valence-corrected chi connectivity index (χ0v) is 9.26. The Morgan fingerprint density at radius 1 is 1.42 bits per heavy atom. The Bertz CT molecular complexity index is 126. The predicted molar refractivity (Wildman–Crippen MR) is 52.5 cm³/mol. The Morgan fingerprint density at radius 3 is 2.42 bits per heavy atom. The Labute approximate surface area is 82.2 Å². The van der Waals surface area contributed by atoms with Crippen LogP contribution >= 0.6 is 15.9 Å². The second-order valence-corrected chi connectivity index (χ2v) is 2.94. The fraction of sp³-hybridized carbons (Fsp3) is 0.875. The molecule has 0 aliphatic rings. The molecule has 0 spiro atoms. The summed E-state index contributed by atoms with van der Waals surface area (Å²) in [5, 5.41) is 0.283. The van der Waals surface area contributed by atoms with Gasteiger partial charge < -0.3 is 9.64 Å². The lowest BCUT2D eigenvalue weighted by atomic mass is 10.5. The van der Waals surface area contributed by atoms with E-state index in [1.165, 1.54) is 0 Å². The van der Waals surface area contributed by atoms with Gasteiger partial charge in [0, 0.05) is 6.54 Å². The minimum Gasteiger partial charge on any atom is -0.464 e. The molecular weight excluding hydrogens is 222 g/mol. The number of nitrogens with zero attached hydrogens (tertiary/aromatic N) is 1.